The van der Waals surface area contributed by atoms with Crippen LogP contribution in [0, 0.1) is 0 Å². The monoisotopic (exact) mass is 395 g/mol. The minimum Gasteiger partial charge on any atom is -0.509 e. The second kappa shape index (κ2) is 7.14. The van der Waals surface area contributed by atoms with Crippen molar-refractivity contribution in [3.05, 3.63) is 24.7 Å². The Kier molecular flexibility index (Phi) is 4.81. The van der Waals surface area contributed by atoms with Gasteiger partial charge in [0.2, 0.25) is 5.79 Å². The summed E-state index contributed by atoms with van der Waals surface area (Å²) in [5.74, 6) is -0.598. The fourth-order valence-corrected chi connectivity index (χ4v) is 3.33. The molecule has 0 saturated carbocycles. The quantitative estimate of drug-likeness (QED) is 0.408. The van der Waals surface area contributed by atoms with Gasteiger partial charge in [0.15, 0.2) is 23.2 Å². The van der Waals surface area contributed by atoms with Gasteiger partial charge in [0.1, 0.15) is 36.7 Å². The number of aromatic nitrogens is 4. The van der Waals surface area contributed by atoms with Crippen molar-refractivity contribution in [2.24, 2.45) is 0 Å². The van der Waals surface area contributed by atoms with Gasteiger partial charge in [-0.1, -0.05) is 0 Å². The van der Waals surface area contributed by atoms with E-state index < -0.39 is 36.9 Å². The molecular formula is C16H21N5O7. The Morgan fingerprint density at radius 2 is 2.14 bits per heavy atom. The van der Waals surface area contributed by atoms with E-state index in [1.54, 1.807) is 0 Å². The second-order valence-corrected chi connectivity index (χ2v) is 6.65. The van der Waals surface area contributed by atoms with Crippen LogP contribution in [-0.2, 0) is 14.2 Å². The highest BCUT2D eigenvalue weighted by Crippen LogP contribution is 2.33. The van der Waals surface area contributed by atoms with Crippen molar-refractivity contribution in [3.8, 4) is 0 Å². The van der Waals surface area contributed by atoms with Crippen molar-refractivity contribution >= 4 is 17.0 Å². The molecule has 28 heavy (non-hydrogen) atoms. The molecule has 0 aliphatic carbocycles. The smallest absolute Gasteiger partial charge is 0.234 e. The molecule has 2 aromatic rings. The second-order valence-electron chi connectivity index (χ2n) is 6.65. The Bertz CT molecular complexity index is 889. The van der Waals surface area contributed by atoms with Gasteiger partial charge in [0.25, 0.3) is 0 Å². The molecule has 5 atom stereocenters. The number of ether oxygens (including phenoxy) is 3. The van der Waals surface area contributed by atoms with Gasteiger partial charge in [-0.3, -0.25) is 4.57 Å². The maximum absolute atomic E-state index is 10.2. The molecule has 2 aliphatic heterocycles. The summed E-state index contributed by atoms with van der Waals surface area (Å²) >= 11 is 0. The average molecular weight is 395 g/mol. The Morgan fingerprint density at radius 3 is 2.79 bits per heavy atom. The van der Waals surface area contributed by atoms with Gasteiger partial charge in [-0.15, -0.1) is 0 Å². The van der Waals surface area contributed by atoms with Crippen LogP contribution in [-0.4, -0.2) is 84.3 Å². The first-order valence-electron chi connectivity index (χ1n) is 8.63. The fraction of sp³-hybridized carbons (Fsp3) is 0.562. The predicted octanol–water partition coefficient (Wildman–Crippen LogP) is -0.988. The molecule has 4 rings (SSSR count). The summed E-state index contributed by atoms with van der Waals surface area (Å²) in [6, 6.07) is 0. The zero-order chi connectivity index (χ0) is 19.9. The van der Waals surface area contributed by atoms with E-state index in [-0.39, 0.29) is 18.7 Å². The highest BCUT2D eigenvalue weighted by Gasteiger charge is 2.44. The third-order valence-electron chi connectivity index (χ3n) is 4.91. The average Bonchev–Trinajstić information content (AvgIpc) is 3.38. The number of anilines is 1. The maximum Gasteiger partial charge on any atom is 0.234 e. The molecule has 2 aliphatic rings. The Morgan fingerprint density at radius 1 is 1.32 bits per heavy atom. The van der Waals surface area contributed by atoms with Crippen LogP contribution in [0.1, 0.15) is 12.6 Å². The SMILES string of the molecule is COC1(CNc2ncnc3c2ncn3[C@@H]2O[C@H](CO)[C@@H](O)[C@@H]2O)CC(O)=CO1. The highest BCUT2D eigenvalue weighted by molar-refractivity contribution is 5.82. The Hall–Kier alpha value is -2.51. The summed E-state index contributed by atoms with van der Waals surface area (Å²) in [5, 5.41) is 42.1. The van der Waals surface area contributed by atoms with E-state index in [1.165, 1.54) is 30.6 Å². The molecule has 12 nitrogen and oxygen atoms in total. The number of aliphatic hydroxyl groups excluding tert-OH is 4. The van der Waals surface area contributed by atoms with E-state index in [1.807, 2.05) is 0 Å². The molecule has 4 heterocycles. The van der Waals surface area contributed by atoms with Gasteiger partial charge < -0.3 is 40.0 Å². The van der Waals surface area contributed by atoms with E-state index in [0.29, 0.717) is 17.0 Å². The van der Waals surface area contributed by atoms with Gasteiger partial charge >= 0.3 is 0 Å². The summed E-state index contributed by atoms with van der Waals surface area (Å²) in [5.41, 5.74) is 0.772. The van der Waals surface area contributed by atoms with Crippen molar-refractivity contribution in [2.75, 3.05) is 25.6 Å². The summed E-state index contributed by atoms with van der Waals surface area (Å²) in [6.45, 7) is -0.250. The molecule has 1 fully saturated rings. The van der Waals surface area contributed by atoms with Crippen LogP contribution >= 0.6 is 0 Å². The topological polar surface area (TPSA) is 164 Å². The van der Waals surface area contributed by atoms with Crippen molar-refractivity contribution in [2.45, 2.75) is 36.7 Å². The number of hydrogen-bond acceptors (Lipinski definition) is 11. The number of nitrogens with zero attached hydrogens (tertiary/aromatic N) is 4. The third kappa shape index (κ3) is 3.04. The maximum atomic E-state index is 10.2. The molecule has 0 spiro atoms. The van der Waals surface area contributed by atoms with Crippen LogP contribution in [0.25, 0.3) is 11.2 Å². The van der Waals surface area contributed by atoms with Crippen LogP contribution in [0.5, 0.6) is 0 Å². The molecule has 5 N–H and O–H groups in total. The largest absolute Gasteiger partial charge is 0.509 e. The fourth-order valence-electron chi connectivity index (χ4n) is 3.33. The van der Waals surface area contributed by atoms with Gasteiger partial charge in [-0.25, -0.2) is 15.0 Å². The minimum atomic E-state index is -1.25. The lowest BCUT2D eigenvalue weighted by molar-refractivity contribution is -0.166. The molecule has 0 aromatic carbocycles. The van der Waals surface area contributed by atoms with Crippen molar-refractivity contribution < 1.29 is 34.6 Å². The lowest BCUT2D eigenvalue weighted by atomic mass is 10.1. The lowest BCUT2D eigenvalue weighted by Gasteiger charge is -2.26. The van der Waals surface area contributed by atoms with E-state index >= 15 is 0 Å². The lowest BCUT2D eigenvalue weighted by Crippen LogP contribution is -2.38. The third-order valence-corrected chi connectivity index (χ3v) is 4.91. The van der Waals surface area contributed by atoms with E-state index in [2.05, 4.69) is 20.3 Å². The predicted molar refractivity (Wildman–Crippen MR) is 93.0 cm³/mol. The first-order valence-corrected chi connectivity index (χ1v) is 8.63. The van der Waals surface area contributed by atoms with Gasteiger partial charge in [-0.2, -0.15) is 0 Å². The number of hydrogen-bond donors (Lipinski definition) is 5. The molecule has 0 amide bonds. The summed E-state index contributed by atoms with van der Waals surface area (Å²) in [7, 11) is 1.47. The van der Waals surface area contributed by atoms with E-state index in [9.17, 15) is 20.4 Å². The molecule has 1 saturated heterocycles. The first kappa shape index (κ1) is 18.8. The van der Waals surface area contributed by atoms with Crippen LogP contribution in [0.2, 0.25) is 0 Å². The first-order chi connectivity index (χ1) is 13.5. The van der Waals surface area contributed by atoms with Crippen molar-refractivity contribution in [1.29, 1.82) is 0 Å². The van der Waals surface area contributed by atoms with Crippen molar-refractivity contribution in [1.82, 2.24) is 19.5 Å². The number of rotatable bonds is 6. The summed E-state index contributed by atoms with van der Waals surface area (Å²) < 4.78 is 17.8. The molecule has 12 heteroatoms. The standard InChI is InChI=1S/C16H21N5O7/c1-26-16(2-8(23)4-27-16)5-17-13-10-14(19-6-18-13)21(7-20-10)15-12(25)11(24)9(3-22)28-15/h4,6-7,9,11-12,15,22-25H,2-3,5H2,1H3,(H,17,18,19)/t9-,11-,12+,15-,16?/m1/s1. The number of nitrogens with one attached hydrogen (secondary N) is 1. The zero-order valence-electron chi connectivity index (χ0n) is 15.0. The Labute approximate surface area is 159 Å². The zero-order valence-corrected chi connectivity index (χ0v) is 15.0. The number of fused-ring (bicyclic) bond motifs is 1. The molecule has 152 valence electrons. The minimum absolute atomic E-state index is 0.0742. The number of methoxy groups -OCH3 is 1. The van der Waals surface area contributed by atoms with E-state index in [4.69, 9.17) is 14.2 Å². The van der Waals surface area contributed by atoms with Crippen LogP contribution in [0.4, 0.5) is 5.82 Å². The van der Waals surface area contributed by atoms with Crippen LogP contribution in [0.15, 0.2) is 24.7 Å². The molecule has 2 aromatic heterocycles. The number of aliphatic hydroxyl groups is 4. The molecular weight excluding hydrogens is 374 g/mol. The van der Waals surface area contributed by atoms with Gasteiger partial charge in [-0.05, 0) is 0 Å². The van der Waals surface area contributed by atoms with Crippen LogP contribution < -0.4 is 5.32 Å². The van der Waals surface area contributed by atoms with Gasteiger partial charge in [0, 0.05) is 7.11 Å². The summed E-state index contributed by atoms with van der Waals surface area (Å²) in [4.78, 5) is 12.6. The van der Waals surface area contributed by atoms with Crippen molar-refractivity contribution in [3.63, 3.8) is 0 Å². The molecule has 1 unspecified atom stereocenters. The molecule has 0 radical (unpaired) electrons. The van der Waals surface area contributed by atoms with Crippen LogP contribution in [0.3, 0.4) is 0 Å². The molecule has 0 bridgehead atoms. The summed E-state index contributed by atoms with van der Waals surface area (Å²) in [6.07, 6.45) is -0.195. The van der Waals surface area contributed by atoms with Gasteiger partial charge in [0.05, 0.1) is 25.9 Å². The van der Waals surface area contributed by atoms with E-state index in [0.717, 1.165) is 0 Å². The Balaban J connectivity index is 1.58. The highest BCUT2D eigenvalue weighted by atomic mass is 16.7. The number of imidazole rings is 1. The normalized spacial score (nSPS) is 32.5.